The zero-order valence-corrected chi connectivity index (χ0v) is 25.8. The lowest BCUT2D eigenvalue weighted by atomic mass is 9.88. The number of carbonyl (C=O) groups excluding carboxylic acids is 1. The molecule has 8 nitrogen and oxygen atoms in total. The number of phosphoric ester groups is 1. The molecule has 41 heavy (non-hydrogen) atoms. The summed E-state index contributed by atoms with van der Waals surface area (Å²) in [5.41, 5.74) is -2.17. The van der Waals surface area contributed by atoms with Crippen LogP contribution in [0, 0.1) is 0 Å². The fraction of sp³-hybridized carbons (Fsp3) is 0.444. The van der Waals surface area contributed by atoms with Crippen molar-refractivity contribution in [3.05, 3.63) is 65.2 Å². The summed E-state index contributed by atoms with van der Waals surface area (Å²) >= 11 is 7.46. The van der Waals surface area contributed by atoms with Gasteiger partial charge in [0.15, 0.2) is 0 Å². The summed E-state index contributed by atoms with van der Waals surface area (Å²) in [7, 11) is -1.56. The van der Waals surface area contributed by atoms with Gasteiger partial charge in [-0.25, -0.2) is 9.36 Å². The van der Waals surface area contributed by atoms with E-state index in [0.29, 0.717) is 21.9 Å². The summed E-state index contributed by atoms with van der Waals surface area (Å²) in [5, 5.41) is 13.2. The molecule has 228 valence electrons. The number of alkyl carbamates (subject to hydrolysis) is 1. The molecule has 0 bridgehead atoms. The minimum Gasteiger partial charge on any atom is -0.507 e. The minimum atomic E-state index is -4.56. The number of phosphoric acid groups is 1. The third kappa shape index (κ3) is 10.9. The van der Waals surface area contributed by atoms with Gasteiger partial charge in [-0.15, -0.1) is 6.58 Å². The summed E-state index contributed by atoms with van der Waals surface area (Å²) in [6, 6.07) is 7.58. The van der Waals surface area contributed by atoms with Gasteiger partial charge in [-0.1, -0.05) is 35.5 Å². The van der Waals surface area contributed by atoms with E-state index in [1.54, 1.807) is 45.0 Å². The first kappa shape index (κ1) is 35.0. The second kappa shape index (κ2) is 14.3. The summed E-state index contributed by atoms with van der Waals surface area (Å²) in [6.07, 6.45) is -3.00. The van der Waals surface area contributed by atoms with Crippen molar-refractivity contribution in [3.63, 3.8) is 0 Å². The van der Waals surface area contributed by atoms with E-state index in [-0.39, 0.29) is 30.1 Å². The minimum absolute atomic E-state index is 0.0214. The standard InChI is InChI=1S/C27H34ClF3NO7PS/c1-7-13-26(17-38-40(35,36-5)37-6,32-24(34)39-25(2,3)4)14-12-18-8-10-20(16-21(18)28)41-23-15-19(27(29,30)31)9-11-22(23)33/h7-11,15-16,33H,1,12-14,17H2,2-6H3,(H,32,34). The van der Waals surface area contributed by atoms with Crippen LogP contribution in [0.3, 0.4) is 0 Å². The van der Waals surface area contributed by atoms with Gasteiger partial charge in [0.05, 0.1) is 22.6 Å². The van der Waals surface area contributed by atoms with Gasteiger partial charge in [0, 0.05) is 24.1 Å². The van der Waals surface area contributed by atoms with Crippen LogP contribution in [-0.4, -0.2) is 43.2 Å². The number of nitrogens with one attached hydrogen (secondary N) is 1. The van der Waals surface area contributed by atoms with E-state index in [1.807, 2.05) is 0 Å². The quantitative estimate of drug-likeness (QED) is 0.166. The first-order valence-corrected chi connectivity index (χ1v) is 14.9. The molecule has 2 aromatic rings. The number of amides is 1. The van der Waals surface area contributed by atoms with Gasteiger partial charge in [0.2, 0.25) is 0 Å². The van der Waals surface area contributed by atoms with Gasteiger partial charge in [-0.05, 0) is 75.9 Å². The Kier molecular flexibility index (Phi) is 12.2. The molecule has 1 unspecified atom stereocenters. The van der Waals surface area contributed by atoms with Crippen LogP contribution in [0.4, 0.5) is 18.0 Å². The summed E-state index contributed by atoms with van der Waals surface area (Å²) < 4.78 is 72.6. The van der Waals surface area contributed by atoms with Crippen LogP contribution in [0.1, 0.15) is 44.7 Å². The molecular weight excluding hydrogens is 606 g/mol. The highest BCUT2D eigenvalue weighted by Gasteiger charge is 2.37. The van der Waals surface area contributed by atoms with Gasteiger partial charge >= 0.3 is 20.1 Å². The lowest BCUT2D eigenvalue weighted by Gasteiger charge is -2.35. The molecule has 2 aromatic carbocycles. The van der Waals surface area contributed by atoms with Crippen molar-refractivity contribution in [2.75, 3.05) is 20.8 Å². The van der Waals surface area contributed by atoms with Crippen LogP contribution in [0.2, 0.25) is 5.02 Å². The van der Waals surface area contributed by atoms with Crippen LogP contribution in [0.25, 0.3) is 0 Å². The number of carbonyl (C=O) groups is 1. The maximum Gasteiger partial charge on any atom is 0.474 e. The van der Waals surface area contributed by atoms with E-state index in [2.05, 4.69) is 11.9 Å². The highest BCUT2D eigenvalue weighted by molar-refractivity contribution is 7.99. The molecule has 14 heteroatoms. The zero-order chi connectivity index (χ0) is 31.1. The van der Waals surface area contributed by atoms with Gasteiger partial charge in [0.25, 0.3) is 0 Å². The lowest BCUT2D eigenvalue weighted by molar-refractivity contribution is -0.137. The molecule has 0 saturated heterocycles. The maximum atomic E-state index is 13.1. The van der Waals surface area contributed by atoms with Gasteiger partial charge in [-0.2, -0.15) is 13.2 Å². The van der Waals surface area contributed by atoms with E-state index >= 15 is 0 Å². The second-order valence-electron chi connectivity index (χ2n) is 10.0. The monoisotopic (exact) mass is 639 g/mol. The van der Waals surface area contributed by atoms with E-state index in [0.717, 1.165) is 30.0 Å². The lowest BCUT2D eigenvalue weighted by Crippen LogP contribution is -2.53. The van der Waals surface area contributed by atoms with Crippen molar-refractivity contribution < 1.29 is 45.9 Å². The number of halogens is 4. The number of aromatic hydroxyl groups is 1. The first-order chi connectivity index (χ1) is 18.9. The Bertz CT molecular complexity index is 1260. The molecule has 0 spiro atoms. The van der Waals surface area contributed by atoms with Crippen LogP contribution >= 0.6 is 31.2 Å². The number of phenolic OH excluding ortho intramolecular Hbond substituents is 1. The molecule has 0 aliphatic heterocycles. The van der Waals surface area contributed by atoms with Crippen LogP contribution in [0.5, 0.6) is 5.75 Å². The van der Waals surface area contributed by atoms with E-state index in [4.69, 9.17) is 29.9 Å². The molecule has 0 heterocycles. The first-order valence-electron chi connectivity index (χ1n) is 12.3. The largest absolute Gasteiger partial charge is 0.507 e. The Morgan fingerprint density at radius 1 is 1.15 bits per heavy atom. The van der Waals surface area contributed by atoms with Crippen LogP contribution in [0.15, 0.2) is 58.8 Å². The number of hydrogen-bond acceptors (Lipinski definition) is 8. The van der Waals surface area contributed by atoms with Crippen LogP contribution < -0.4 is 5.32 Å². The number of rotatable bonds is 13. The number of alkyl halides is 3. The summed E-state index contributed by atoms with van der Waals surface area (Å²) in [5.74, 6) is -0.296. The molecule has 0 aliphatic rings. The number of hydrogen-bond donors (Lipinski definition) is 2. The predicted octanol–water partition coefficient (Wildman–Crippen LogP) is 8.41. The smallest absolute Gasteiger partial charge is 0.474 e. The van der Waals surface area contributed by atoms with E-state index in [1.165, 1.54) is 14.2 Å². The van der Waals surface area contributed by atoms with Crippen LogP contribution in [-0.2, 0) is 35.5 Å². The molecule has 2 N–H and O–H groups in total. The van der Waals surface area contributed by atoms with Crippen molar-refractivity contribution in [2.24, 2.45) is 0 Å². The third-order valence-corrected chi connectivity index (χ3v) is 8.39. The van der Waals surface area contributed by atoms with Crippen molar-refractivity contribution in [1.29, 1.82) is 0 Å². The number of aryl methyl sites for hydroxylation is 1. The average Bonchev–Trinajstić information content (AvgIpc) is 2.86. The van der Waals surface area contributed by atoms with Crippen molar-refractivity contribution >= 4 is 37.3 Å². The predicted molar refractivity (Wildman–Crippen MR) is 151 cm³/mol. The number of benzene rings is 2. The molecule has 0 saturated carbocycles. The van der Waals surface area contributed by atoms with E-state index < -0.39 is 36.8 Å². The molecule has 0 fully saturated rings. The number of ether oxygens (including phenoxy) is 1. The fourth-order valence-corrected chi connectivity index (χ4v) is 5.66. The van der Waals surface area contributed by atoms with Gasteiger partial charge in [0.1, 0.15) is 11.4 Å². The topological polar surface area (TPSA) is 103 Å². The van der Waals surface area contributed by atoms with Crippen molar-refractivity contribution in [3.8, 4) is 5.75 Å². The van der Waals surface area contributed by atoms with E-state index in [9.17, 15) is 27.6 Å². The SMILES string of the molecule is C=CCC(CCc1ccc(Sc2cc(C(F)(F)F)ccc2O)cc1Cl)(COP(=O)(OC)OC)NC(=O)OC(C)(C)C. The van der Waals surface area contributed by atoms with Gasteiger partial charge in [-0.3, -0.25) is 13.6 Å². The second-order valence-corrected chi connectivity index (χ2v) is 13.4. The Balaban J connectivity index is 2.31. The van der Waals surface area contributed by atoms with Gasteiger partial charge < -0.3 is 15.2 Å². The Morgan fingerprint density at radius 2 is 1.80 bits per heavy atom. The molecule has 0 aromatic heterocycles. The Morgan fingerprint density at radius 3 is 2.34 bits per heavy atom. The normalized spacial score (nSPS) is 13.9. The zero-order valence-electron chi connectivity index (χ0n) is 23.3. The molecule has 1 amide bonds. The Hall–Kier alpha value is -2.21. The molecule has 0 aliphatic carbocycles. The third-order valence-electron chi connectivity index (χ3n) is 5.66. The highest BCUT2D eigenvalue weighted by Crippen LogP contribution is 2.48. The molecule has 0 radical (unpaired) electrons. The molecular formula is C27H34ClF3NO7PS. The van der Waals surface area contributed by atoms with Crippen molar-refractivity contribution in [2.45, 2.75) is 67.1 Å². The molecule has 2 rings (SSSR count). The number of phenols is 1. The highest BCUT2D eigenvalue weighted by atomic mass is 35.5. The molecule has 1 atom stereocenters. The van der Waals surface area contributed by atoms with Crippen molar-refractivity contribution in [1.82, 2.24) is 5.32 Å². The average molecular weight is 640 g/mol. The summed E-state index contributed by atoms with van der Waals surface area (Å²) in [4.78, 5) is 13.3. The fourth-order valence-electron chi connectivity index (χ4n) is 3.63. The maximum absolute atomic E-state index is 13.1. The Labute approximate surface area is 247 Å². The summed E-state index contributed by atoms with van der Waals surface area (Å²) in [6.45, 7) is 8.61.